The summed E-state index contributed by atoms with van der Waals surface area (Å²) in [5.74, 6) is 1.09. The molecule has 0 radical (unpaired) electrons. The van der Waals surface area contributed by atoms with Crippen molar-refractivity contribution >= 4 is 11.5 Å². The van der Waals surface area contributed by atoms with Crippen LogP contribution in [0.3, 0.4) is 0 Å². The van der Waals surface area contributed by atoms with Crippen LogP contribution in [0.5, 0.6) is 5.75 Å². The van der Waals surface area contributed by atoms with Crippen molar-refractivity contribution in [3.8, 4) is 17.0 Å². The molecule has 3 aliphatic rings. The molecule has 7 heteroatoms. The van der Waals surface area contributed by atoms with E-state index in [9.17, 15) is 5.11 Å². The molecule has 2 saturated heterocycles. The fourth-order valence-electron chi connectivity index (χ4n) is 4.83. The first-order valence-corrected chi connectivity index (χ1v) is 10.4. The predicted molar refractivity (Wildman–Crippen MR) is 111 cm³/mol. The van der Waals surface area contributed by atoms with Gasteiger partial charge in [-0.05, 0) is 50.6 Å². The summed E-state index contributed by atoms with van der Waals surface area (Å²) in [6, 6.07) is 10.5. The number of para-hydroxylation sites is 1. The van der Waals surface area contributed by atoms with E-state index in [4.69, 9.17) is 0 Å². The van der Waals surface area contributed by atoms with Crippen molar-refractivity contribution in [2.75, 3.05) is 49.5 Å². The van der Waals surface area contributed by atoms with E-state index in [2.05, 4.69) is 36.7 Å². The minimum absolute atomic E-state index is 0.240. The summed E-state index contributed by atoms with van der Waals surface area (Å²) in [6.07, 6.45) is 3.82. The standard InChI is InChI=1S/C21H28N6O/c28-20-6-2-1-5-17(20)18-12-19-21(25-24-18)23-13-16-14-26(10-11-27(16)19)15-4-3-8-22-9-7-15/h1-2,5-6,12,15-16,22,28H,3-4,7-11,13-14H2,(H,23,25)/t15?,16-/m0/s1. The molecular formula is C21H28N6O. The molecule has 28 heavy (non-hydrogen) atoms. The summed E-state index contributed by atoms with van der Waals surface area (Å²) < 4.78 is 0. The molecule has 148 valence electrons. The summed E-state index contributed by atoms with van der Waals surface area (Å²) in [5.41, 5.74) is 2.55. The van der Waals surface area contributed by atoms with Gasteiger partial charge in [0.2, 0.25) is 0 Å². The lowest BCUT2D eigenvalue weighted by Crippen LogP contribution is -2.59. The number of phenolic OH excluding ortho intramolecular Hbond substituents is 1. The van der Waals surface area contributed by atoms with Gasteiger partial charge < -0.3 is 20.6 Å². The number of rotatable bonds is 2. The molecule has 3 N–H and O–H groups in total. The van der Waals surface area contributed by atoms with E-state index < -0.39 is 0 Å². The van der Waals surface area contributed by atoms with E-state index in [1.54, 1.807) is 6.07 Å². The molecule has 0 spiro atoms. The van der Waals surface area contributed by atoms with E-state index in [-0.39, 0.29) is 5.75 Å². The van der Waals surface area contributed by atoms with Crippen molar-refractivity contribution in [1.29, 1.82) is 0 Å². The van der Waals surface area contributed by atoms with Crippen molar-refractivity contribution < 1.29 is 5.11 Å². The highest BCUT2D eigenvalue weighted by Crippen LogP contribution is 2.36. The molecule has 2 fully saturated rings. The summed E-state index contributed by atoms with van der Waals surface area (Å²) in [6.45, 7) is 6.38. The molecule has 4 heterocycles. The van der Waals surface area contributed by atoms with Gasteiger partial charge in [-0.2, -0.15) is 0 Å². The van der Waals surface area contributed by atoms with Crippen LogP contribution in [-0.2, 0) is 0 Å². The second-order valence-corrected chi connectivity index (χ2v) is 8.04. The maximum absolute atomic E-state index is 10.2. The van der Waals surface area contributed by atoms with Gasteiger partial charge in [-0.15, -0.1) is 10.2 Å². The van der Waals surface area contributed by atoms with Crippen LogP contribution in [0.4, 0.5) is 11.5 Å². The number of nitrogens with zero attached hydrogens (tertiary/aromatic N) is 4. The number of hydrogen-bond donors (Lipinski definition) is 3. The van der Waals surface area contributed by atoms with Crippen molar-refractivity contribution in [2.45, 2.75) is 31.3 Å². The first kappa shape index (κ1) is 17.7. The molecule has 1 aromatic heterocycles. The van der Waals surface area contributed by atoms with Gasteiger partial charge in [0.15, 0.2) is 5.82 Å². The Balaban J connectivity index is 1.38. The zero-order valence-corrected chi connectivity index (χ0v) is 16.1. The van der Waals surface area contributed by atoms with Crippen LogP contribution < -0.4 is 15.5 Å². The lowest BCUT2D eigenvalue weighted by molar-refractivity contribution is 0.150. The largest absolute Gasteiger partial charge is 0.507 e. The summed E-state index contributed by atoms with van der Waals surface area (Å²) >= 11 is 0. The summed E-state index contributed by atoms with van der Waals surface area (Å²) in [7, 11) is 0. The van der Waals surface area contributed by atoms with Gasteiger partial charge in [-0.3, -0.25) is 4.90 Å². The van der Waals surface area contributed by atoms with Gasteiger partial charge in [-0.1, -0.05) is 12.1 Å². The van der Waals surface area contributed by atoms with Crippen molar-refractivity contribution in [3.05, 3.63) is 30.3 Å². The van der Waals surface area contributed by atoms with Crippen LogP contribution in [0.1, 0.15) is 19.3 Å². The third-order valence-electron chi connectivity index (χ3n) is 6.34. The molecule has 0 aliphatic carbocycles. The fourth-order valence-corrected chi connectivity index (χ4v) is 4.83. The van der Waals surface area contributed by atoms with Gasteiger partial charge >= 0.3 is 0 Å². The Morgan fingerprint density at radius 1 is 1.04 bits per heavy atom. The Kier molecular flexibility index (Phi) is 4.78. The highest BCUT2D eigenvalue weighted by atomic mass is 16.3. The van der Waals surface area contributed by atoms with Crippen molar-refractivity contribution in [3.63, 3.8) is 0 Å². The van der Waals surface area contributed by atoms with E-state index in [0.717, 1.165) is 62.0 Å². The van der Waals surface area contributed by atoms with Crippen molar-refractivity contribution in [2.24, 2.45) is 0 Å². The second kappa shape index (κ2) is 7.56. The van der Waals surface area contributed by atoms with E-state index in [0.29, 0.717) is 12.1 Å². The number of benzene rings is 1. The Labute approximate surface area is 165 Å². The minimum Gasteiger partial charge on any atom is -0.507 e. The normalized spacial score (nSPS) is 25.4. The van der Waals surface area contributed by atoms with E-state index in [1.807, 2.05) is 18.2 Å². The SMILES string of the molecule is Oc1ccccc1-c1cc2c(nn1)NC[C@H]1CN(C3CCCNCC3)CCN21. The summed E-state index contributed by atoms with van der Waals surface area (Å²) in [4.78, 5) is 5.18. The van der Waals surface area contributed by atoms with Gasteiger partial charge in [0, 0.05) is 37.8 Å². The topological polar surface area (TPSA) is 76.5 Å². The Bertz CT molecular complexity index is 835. The van der Waals surface area contributed by atoms with Crippen LogP contribution in [0.15, 0.2) is 30.3 Å². The zero-order valence-electron chi connectivity index (χ0n) is 16.1. The van der Waals surface area contributed by atoms with Crippen LogP contribution in [0.25, 0.3) is 11.3 Å². The Morgan fingerprint density at radius 3 is 2.89 bits per heavy atom. The van der Waals surface area contributed by atoms with Crippen LogP contribution in [-0.4, -0.2) is 71.6 Å². The molecular weight excluding hydrogens is 352 g/mol. The lowest BCUT2D eigenvalue weighted by atomic mass is 10.0. The quantitative estimate of drug-likeness (QED) is 0.735. The molecule has 1 aromatic carbocycles. The number of hydrogen-bond acceptors (Lipinski definition) is 7. The number of aromatic nitrogens is 2. The lowest BCUT2D eigenvalue weighted by Gasteiger charge is -2.47. The average Bonchev–Trinajstić information content (AvgIpc) is 3.03. The smallest absolute Gasteiger partial charge is 0.172 e. The third kappa shape index (κ3) is 3.29. The van der Waals surface area contributed by atoms with Crippen LogP contribution in [0, 0.1) is 0 Å². The van der Waals surface area contributed by atoms with Gasteiger partial charge in [0.1, 0.15) is 5.75 Å². The van der Waals surface area contributed by atoms with E-state index >= 15 is 0 Å². The molecule has 1 unspecified atom stereocenters. The zero-order chi connectivity index (χ0) is 18.9. The first-order chi connectivity index (χ1) is 13.8. The molecule has 0 bridgehead atoms. The monoisotopic (exact) mass is 380 g/mol. The second-order valence-electron chi connectivity index (χ2n) is 8.04. The summed E-state index contributed by atoms with van der Waals surface area (Å²) in [5, 5.41) is 26.0. The van der Waals surface area contributed by atoms with E-state index in [1.165, 1.54) is 19.3 Å². The number of nitrogens with one attached hydrogen (secondary N) is 2. The highest BCUT2D eigenvalue weighted by molar-refractivity contribution is 5.76. The maximum atomic E-state index is 10.2. The molecule has 2 aromatic rings. The van der Waals surface area contributed by atoms with Crippen LogP contribution >= 0.6 is 0 Å². The predicted octanol–water partition coefficient (Wildman–Crippen LogP) is 1.91. The third-order valence-corrected chi connectivity index (χ3v) is 6.34. The molecule has 3 aliphatic heterocycles. The molecule has 7 nitrogen and oxygen atoms in total. The molecule has 0 saturated carbocycles. The average molecular weight is 380 g/mol. The maximum Gasteiger partial charge on any atom is 0.172 e. The minimum atomic E-state index is 0.240. The molecule has 2 atom stereocenters. The van der Waals surface area contributed by atoms with Gasteiger partial charge in [-0.25, -0.2) is 0 Å². The number of anilines is 2. The van der Waals surface area contributed by atoms with Gasteiger partial charge in [0.25, 0.3) is 0 Å². The van der Waals surface area contributed by atoms with Gasteiger partial charge in [0.05, 0.1) is 17.4 Å². The number of aromatic hydroxyl groups is 1. The number of piperazine rings is 1. The van der Waals surface area contributed by atoms with Crippen molar-refractivity contribution in [1.82, 2.24) is 20.4 Å². The van der Waals surface area contributed by atoms with Crippen LogP contribution in [0.2, 0.25) is 0 Å². The first-order valence-electron chi connectivity index (χ1n) is 10.4. The number of phenols is 1. The highest BCUT2D eigenvalue weighted by Gasteiger charge is 2.35. The fraction of sp³-hybridized carbons (Fsp3) is 0.524. The Hall–Kier alpha value is -2.38. The molecule has 5 rings (SSSR count). The Morgan fingerprint density at radius 2 is 1.96 bits per heavy atom. The molecule has 0 amide bonds. The number of fused-ring (bicyclic) bond motifs is 3.